The molecule has 6 heteroatoms. The Morgan fingerprint density at radius 2 is 1.92 bits per heavy atom. The summed E-state index contributed by atoms with van der Waals surface area (Å²) in [7, 11) is 0. The summed E-state index contributed by atoms with van der Waals surface area (Å²) in [4.78, 5) is 25.2. The minimum absolute atomic E-state index is 0.0133. The molecule has 24 heavy (non-hydrogen) atoms. The molecular formula is C18H17NO5. The van der Waals surface area contributed by atoms with E-state index in [0.29, 0.717) is 11.1 Å². The Labute approximate surface area is 138 Å². The van der Waals surface area contributed by atoms with E-state index < -0.39 is 18.0 Å². The van der Waals surface area contributed by atoms with E-state index in [4.69, 9.17) is 4.74 Å². The van der Waals surface area contributed by atoms with E-state index >= 15 is 0 Å². The highest BCUT2D eigenvalue weighted by Gasteiger charge is 2.33. The highest BCUT2D eigenvalue weighted by atomic mass is 16.6. The second kappa shape index (κ2) is 6.62. The lowest BCUT2D eigenvalue weighted by Gasteiger charge is -2.32. The van der Waals surface area contributed by atoms with Crippen LogP contribution in [0.1, 0.15) is 22.6 Å². The number of benzene rings is 2. The first-order chi connectivity index (χ1) is 11.5. The Kier molecular flexibility index (Phi) is 4.37. The number of aromatic hydroxyl groups is 1. The van der Waals surface area contributed by atoms with E-state index in [9.17, 15) is 19.8 Å². The molecule has 1 aliphatic rings. The maximum Gasteiger partial charge on any atom is 0.410 e. The zero-order valence-electron chi connectivity index (χ0n) is 12.9. The van der Waals surface area contributed by atoms with E-state index in [1.54, 1.807) is 6.07 Å². The largest absolute Gasteiger partial charge is 0.508 e. The summed E-state index contributed by atoms with van der Waals surface area (Å²) in [6.07, 6.45) is -0.552. The average molecular weight is 327 g/mol. The van der Waals surface area contributed by atoms with Crippen LogP contribution in [-0.4, -0.2) is 33.7 Å². The lowest BCUT2D eigenvalue weighted by molar-refractivity contribution is -0.139. The highest BCUT2D eigenvalue weighted by molar-refractivity contribution is 5.79. The van der Waals surface area contributed by atoms with E-state index in [2.05, 4.69) is 0 Å². The number of carbonyl (C=O) groups is 2. The quantitative estimate of drug-likeness (QED) is 0.905. The van der Waals surface area contributed by atoms with Crippen LogP contribution in [0.15, 0.2) is 48.5 Å². The number of phenolic OH excluding ortho intramolecular Hbond substituents is 1. The number of hydrogen-bond donors (Lipinski definition) is 2. The van der Waals surface area contributed by atoms with Crippen LogP contribution in [0.3, 0.4) is 0 Å². The van der Waals surface area contributed by atoms with Gasteiger partial charge in [-0.25, -0.2) is 4.79 Å². The molecule has 0 aromatic heterocycles. The third-order valence-electron chi connectivity index (χ3n) is 4.03. The summed E-state index contributed by atoms with van der Waals surface area (Å²) in [5, 5.41) is 19.0. The zero-order chi connectivity index (χ0) is 17.1. The second-order valence-electron chi connectivity index (χ2n) is 5.69. The average Bonchev–Trinajstić information content (AvgIpc) is 2.59. The first-order valence-corrected chi connectivity index (χ1v) is 7.55. The number of carboxylic acid groups (broad SMARTS) is 1. The van der Waals surface area contributed by atoms with Crippen molar-refractivity contribution in [1.82, 2.24) is 4.90 Å². The van der Waals surface area contributed by atoms with E-state index in [-0.39, 0.29) is 25.4 Å². The summed E-state index contributed by atoms with van der Waals surface area (Å²) >= 11 is 0. The number of fused-ring (bicyclic) bond motifs is 1. The summed E-state index contributed by atoms with van der Waals surface area (Å²) in [6.45, 7) is 0.406. The molecule has 0 saturated carbocycles. The van der Waals surface area contributed by atoms with Gasteiger partial charge in [0.15, 0.2) is 0 Å². The van der Waals surface area contributed by atoms with Crippen molar-refractivity contribution < 1.29 is 24.5 Å². The maximum atomic E-state index is 12.3. The number of amides is 1. The third kappa shape index (κ3) is 3.32. The molecule has 1 amide bonds. The van der Waals surface area contributed by atoms with Gasteiger partial charge >= 0.3 is 12.1 Å². The van der Waals surface area contributed by atoms with Gasteiger partial charge in [-0.05, 0) is 28.8 Å². The van der Waals surface area contributed by atoms with Crippen LogP contribution in [0.5, 0.6) is 5.75 Å². The molecule has 2 aromatic rings. The fourth-order valence-electron chi connectivity index (χ4n) is 2.80. The topological polar surface area (TPSA) is 87.1 Å². The van der Waals surface area contributed by atoms with Gasteiger partial charge in [0.25, 0.3) is 0 Å². The van der Waals surface area contributed by atoms with Gasteiger partial charge < -0.3 is 19.8 Å². The van der Waals surface area contributed by atoms with Crippen molar-refractivity contribution in [3.8, 4) is 5.75 Å². The molecule has 0 fully saturated rings. The van der Waals surface area contributed by atoms with Gasteiger partial charge in [-0.2, -0.15) is 0 Å². The van der Waals surface area contributed by atoms with E-state index in [1.807, 2.05) is 30.3 Å². The van der Waals surface area contributed by atoms with Crippen molar-refractivity contribution in [3.63, 3.8) is 0 Å². The van der Waals surface area contributed by atoms with Crippen molar-refractivity contribution >= 4 is 12.1 Å². The van der Waals surface area contributed by atoms with Gasteiger partial charge in [-0.3, -0.25) is 4.79 Å². The number of rotatable bonds is 3. The van der Waals surface area contributed by atoms with Gasteiger partial charge in [0.1, 0.15) is 12.4 Å². The summed E-state index contributed by atoms with van der Waals surface area (Å²) in [6, 6.07) is 13.8. The lowest BCUT2D eigenvalue weighted by Crippen LogP contribution is -2.40. The molecule has 1 heterocycles. The summed E-state index contributed by atoms with van der Waals surface area (Å²) in [5.41, 5.74) is 2.10. The number of carbonyl (C=O) groups excluding carboxylic acids is 1. The Balaban J connectivity index is 1.74. The zero-order valence-corrected chi connectivity index (χ0v) is 12.9. The number of phenols is 1. The first kappa shape index (κ1) is 15.9. The number of nitrogens with zero attached hydrogens (tertiary/aromatic N) is 1. The third-order valence-corrected chi connectivity index (χ3v) is 4.03. The molecule has 0 saturated heterocycles. The molecule has 3 rings (SSSR count). The summed E-state index contributed by atoms with van der Waals surface area (Å²) < 4.78 is 5.28. The predicted octanol–water partition coefficient (Wildman–Crippen LogP) is 2.71. The Morgan fingerprint density at radius 3 is 2.62 bits per heavy atom. The van der Waals surface area contributed by atoms with Crippen LogP contribution in [0.4, 0.5) is 4.79 Å². The maximum absolute atomic E-state index is 12.3. The van der Waals surface area contributed by atoms with Gasteiger partial charge in [0.2, 0.25) is 0 Å². The number of carboxylic acids is 1. The fourth-order valence-corrected chi connectivity index (χ4v) is 2.80. The standard InChI is InChI=1S/C18H17NO5/c20-14-7-6-13-9-19(10-16(17(21)22)15(13)8-14)18(23)24-11-12-4-2-1-3-5-12/h1-8,16,20H,9-11H2,(H,21,22). The Hall–Kier alpha value is -3.02. The van der Waals surface area contributed by atoms with Gasteiger partial charge in [0.05, 0.1) is 5.92 Å². The molecule has 1 atom stereocenters. The highest BCUT2D eigenvalue weighted by Crippen LogP contribution is 2.31. The SMILES string of the molecule is O=C(O)C1CN(C(=O)OCc2ccccc2)Cc2ccc(O)cc21. The molecule has 0 spiro atoms. The molecule has 0 bridgehead atoms. The monoisotopic (exact) mass is 327 g/mol. The molecular weight excluding hydrogens is 310 g/mol. The van der Waals surface area contributed by atoms with Gasteiger partial charge in [-0.15, -0.1) is 0 Å². The Morgan fingerprint density at radius 1 is 1.17 bits per heavy atom. The number of ether oxygens (including phenoxy) is 1. The summed E-state index contributed by atoms with van der Waals surface area (Å²) in [5.74, 6) is -1.91. The molecule has 0 aliphatic carbocycles. The van der Waals surface area contributed by atoms with E-state index in [0.717, 1.165) is 5.56 Å². The number of aliphatic carboxylic acids is 1. The van der Waals surface area contributed by atoms with Gasteiger partial charge in [-0.1, -0.05) is 36.4 Å². The van der Waals surface area contributed by atoms with E-state index in [1.165, 1.54) is 17.0 Å². The second-order valence-corrected chi connectivity index (χ2v) is 5.69. The Bertz CT molecular complexity index is 759. The molecule has 1 unspecified atom stereocenters. The predicted molar refractivity (Wildman–Crippen MR) is 85.5 cm³/mol. The minimum Gasteiger partial charge on any atom is -0.508 e. The van der Waals surface area contributed by atoms with Crippen LogP contribution >= 0.6 is 0 Å². The number of hydrogen-bond acceptors (Lipinski definition) is 4. The van der Waals surface area contributed by atoms with Crippen LogP contribution in [0, 0.1) is 0 Å². The van der Waals surface area contributed by atoms with Crippen molar-refractivity contribution in [3.05, 3.63) is 65.2 Å². The van der Waals surface area contributed by atoms with Crippen LogP contribution in [0.25, 0.3) is 0 Å². The molecule has 2 aromatic carbocycles. The van der Waals surface area contributed by atoms with Crippen molar-refractivity contribution in [2.45, 2.75) is 19.1 Å². The normalized spacial score (nSPS) is 16.3. The van der Waals surface area contributed by atoms with Crippen LogP contribution in [0.2, 0.25) is 0 Å². The van der Waals surface area contributed by atoms with Crippen LogP contribution < -0.4 is 0 Å². The van der Waals surface area contributed by atoms with Gasteiger partial charge in [0, 0.05) is 13.1 Å². The van der Waals surface area contributed by atoms with Crippen molar-refractivity contribution in [2.75, 3.05) is 6.54 Å². The minimum atomic E-state index is -1.04. The van der Waals surface area contributed by atoms with Crippen molar-refractivity contribution in [1.29, 1.82) is 0 Å². The molecule has 1 aliphatic heterocycles. The molecule has 0 radical (unpaired) electrons. The van der Waals surface area contributed by atoms with Crippen LogP contribution in [-0.2, 0) is 22.7 Å². The molecule has 124 valence electrons. The molecule has 2 N–H and O–H groups in total. The molecule has 6 nitrogen and oxygen atoms in total. The smallest absolute Gasteiger partial charge is 0.410 e. The van der Waals surface area contributed by atoms with Crippen molar-refractivity contribution in [2.24, 2.45) is 0 Å². The lowest BCUT2D eigenvalue weighted by atomic mass is 9.90. The fraction of sp³-hybridized carbons (Fsp3) is 0.222. The first-order valence-electron chi connectivity index (χ1n) is 7.55.